The van der Waals surface area contributed by atoms with Gasteiger partial charge >= 0.3 is 0 Å². The molecule has 1 heterocycles. The van der Waals surface area contributed by atoms with Crippen LogP contribution in [0.4, 0.5) is 10.1 Å². The van der Waals surface area contributed by atoms with Crippen molar-refractivity contribution in [1.29, 1.82) is 0 Å². The summed E-state index contributed by atoms with van der Waals surface area (Å²) < 4.78 is 50.9. The number of ether oxygens (including phenoxy) is 1. The number of anilines is 1. The van der Waals surface area contributed by atoms with Crippen molar-refractivity contribution < 1.29 is 26.8 Å². The van der Waals surface area contributed by atoms with Gasteiger partial charge in [0.15, 0.2) is 18.2 Å². The number of hydrogen-bond donors (Lipinski definition) is 2. The molecule has 28 heavy (non-hydrogen) atoms. The maximum absolute atomic E-state index is 13.5. The van der Waals surface area contributed by atoms with E-state index in [1.807, 2.05) is 0 Å². The van der Waals surface area contributed by atoms with Crippen LogP contribution in [0.5, 0.6) is 5.75 Å². The zero-order valence-electron chi connectivity index (χ0n) is 14.6. The molecule has 0 fully saturated rings. The van der Waals surface area contributed by atoms with E-state index < -0.39 is 28.4 Å². The lowest BCUT2D eigenvalue weighted by Crippen LogP contribution is -2.24. The number of carbonyl (C=O) groups is 1. The van der Waals surface area contributed by atoms with E-state index in [-0.39, 0.29) is 22.9 Å². The third-order valence-electron chi connectivity index (χ3n) is 3.64. The second-order valence-electron chi connectivity index (χ2n) is 5.70. The Morgan fingerprint density at radius 3 is 2.64 bits per heavy atom. The van der Waals surface area contributed by atoms with Gasteiger partial charge in [-0.3, -0.25) is 4.79 Å². The highest BCUT2D eigenvalue weighted by Crippen LogP contribution is 2.17. The molecule has 1 aromatic heterocycles. The molecule has 0 unspecified atom stereocenters. The number of carbonyl (C=O) groups excluding carboxylic acids is 1. The lowest BCUT2D eigenvalue weighted by molar-refractivity contribution is -0.118. The summed E-state index contributed by atoms with van der Waals surface area (Å²) in [5.74, 6) is -0.707. The van der Waals surface area contributed by atoms with E-state index in [2.05, 4.69) is 10.0 Å². The molecule has 0 aliphatic rings. The summed E-state index contributed by atoms with van der Waals surface area (Å²) in [7, 11) is -3.80. The molecule has 0 bridgehead atoms. The molecule has 3 aromatic rings. The quantitative estimate of drug-likeness (QED) is 0.602. The largest absolute Gasteiger partial charge is 0.481 e. The molecule has 9 heteroatoms. The van der Waals surface area contributed by atoms with Crippen LogP contribution in [0.1, 0.15) is 5.76 Å². The molecule has 3 rings (SSSR count). The molecule has 2 aromatic carbocycles. The van der Waals surface area contributed by atoms with E-state index in [0.717, 1.165) is 0 Å². The van der Waals surface area contributed by atoms with Gasteiger partial charge < -0.3 is 14.5 Å². The molecule has 0 aliphatic heterocycles. The van der Waals surface area contributed by atoms with Crippen molar-refractivity contribution in [2.45, 2.75) is 11.4 Å². The van der Waals surface area contributed by atoms with Gasteiger partial charge in [-0.25, -0.2) is 17.5 Å². The van der Waals surface area contributed by atoms with Crippen LogP contribution >= 0.6 is 0 Å². The average Bonchev–Trinajstić information content (AvgIpc) is 3.20. The minimum Gasteiger partial charge on any atom is -0.481 e. The molecule has 1 amide bonds. The molecule has 0 saturated heterocycles. The fraction of sp³-hybridized carbons (Fsp3) is 0.105. The number of rotatable bonds is 8. The van der Waals surface area contributed by atoms with Crippen LogP contribution in [0.3, 0.4) is 0 Å². The number of sulfonamides is 1. The summed E-state index contributed by atoms with van der Waals surface area (Å²) in [6.07, 6.45) is 1.45. The number of amides is 1. The monoisotopic (exact) mass is 404 g/mol. The van der Waals surface area contributed by atoms with Crippen LogP contribution in [0.2, 0.25) is 0 Å². The Balaban J connectivity index is 1.60. The van der Waals surface area contributed by atoms with Crippen molar-refractivity contribution in [2.24, 2.45) is 0 Å². The molecule has 0 aliphatic carbocycles. The van der Waals surface area contributed by atoms with Crippen LogP contribution < -0.4 is 14.8 Å². The predicted octanol–water partition coefficient (Wildman–Crippen LogP) is 2.91. The first kappa shape index (κ1) is 19.6. The van der Waals surface area contributed by atoms with Crippen LogP contribution in [0.15, 0.2) is 76.2 Å². The zero-order valence-corrected chi connectivity index (χ0v) is 15.4. The molecule has 2 N–H and O–H groups in total. The average molecular weight is 404 g/mol. The standard InChI is InChI=1S/C19H17FN2O5S/c20-17-8-1-2-9-18(17)27-13-19(23)22-14-5-3-7-16(11-14)28(24,25)21-12-15-6-4-10-26-15/h1-11,21H,12-13H2,(H,22,23). The first-order valence-electron chi connectivity index (χ1n) is 8.23. The first-order chi connectivity index (χ1) is 13.4. The molecule has 0 atom stereocenters. The topological polar surface area (TPSA) is 97.6 Å². The normalized spacial score (nSPS) is 11.2. The third-order valence-corrected chi connectivity index (χ3v) is 5.04. The van der Waals surface area contributed by atoms with Gasteiger partial charge in [-0.05, 0) is 42.5 Å². The van der Waals surface area contributed by atoms with Gasteiger partial charge in [0.25, 0.3) is 5.91 Å². The zero-order chi connectivity index (χ0) is 20.0. The van der Waals surface area contributed by atoms with Crippen molar-refractivity contribution in [3.05, 3.63) is 78.5 Å². The van der Waals surface area contributed by atoms with Crippen molar-refractivity contribution in [1.82, 2.24) is 4.72 Å². The number of para-hydroxylation sites is 1. The summed E-state index contributed by atoms with van der Waals surface area (Å²) in [6.45, 7) is -0.420. The van der Waals surface area contributed by atoms with Crippen LogP contribution in [0, 0.1) is 5.82 Å². The van der Waals surface area contributed by atoms with Crippen molar-refractivity contribution in [3.63, 3.8) is 0 Å². The third kappa shape index (κ3) is 5.18. The van der Waals surface area contributed by atoms with Gasteiger partial charge in [0.2, 0.25) is 10.0 Å². The summed E-state index contributed by atoms with van der Waals surface area (Å²) in [5, 5.41) is 2.52. The summed E-state index contributed by atoms with van der Waals surface area (Å²) in [5.41, 5.74) is 0.267. The van der Waals surface area contributed by atoms with Crippen LogP contribution in [0.25, 0.3) is 0 Å². The fourth-order valence-electron chi connectivity index (χ4n) is 2.31. The number of hydrogen-bond acceptors (Lipinski definition) is 5. The number of benzene rings is 2. The van der Waals surface area contributed by atoms with E-state index in [4.69, 9.17) is 9.15 Å². The Bertz CT molecular complexity index is 1050. The van der Waals surface area contributed by atoms with E-state index in [0.29, 0.717) is 5.76 Å². The summed E-state index contributed by atoms with van der Waals surface area (Å²) >= 11 is 0. The Labute approximate surface area is 161 Å². The lowest BCUT2D eigenvalue weighted by atomic mass is 10.3. The minimum atomic E-state index is -3.80. The predicted molar refractivity (Wildman–Crippen MR) is 99.7 cm³/mol. The van der Waals surface area contributed by atoms with Gasteiger partial charge in [0.05, 0.1) is 17.7 Å². The van der Waals surface area contributed by atoms with Crippen LogP contribution in [-0.4, -0.2) is 20.9 Å². The Morgan fingerprint density at radius 1 is 1.07 bits per heavy atom. The molecule has 7 nitrogen and oxygen atoms in total. The second-order valence-corrected chi connectivity index (χ2v) is 7.47. The second kappa shape index (κ2) is 8.68. The van der Waals surface area contributed by atoms with Gasteiger partial charge in [-0.1, -0.05) is 18.2 Å². The molecule has 146 valence electrons. The molecule has 0 spiro atoms. The van der Waals surface area contributed by atoms with E-state index in [1.54, 1.807) is 18.2 Å². The van der Waals surface area contributed by atoms with E-state index >= 15 is 0 Å². The number of halogens is 1. The SMILES string of the molecule is O=C(COc1ccccc1F)Nc1cccc(S(=O)(=O)NCc2ccco2)c1. The molecular weight excluding hydrogens is 387 g/mol. The highest BCUT2D eigenvalue weighted by atomic mass is 32.2. The van der Waals surface area contributed by atoms with Gasteiger partial charge in [-0.2, -0.15) is 0 Å². The smallest absolute Gasteiger partial charge is 0.262 e. The Morgan fingerprint density at radius 2 is 1.89 bits per heavy atom. The van der Waals surface area contributed by atoms with Crippen LogP contribution in [-0.2, 0) is 21.4 Å². The minimum absolute atomic E-state index is 0.00238. The van der Waals surface area contributed by atoms with Crippen molar-refractivity contribution in [3.8, 4) is 5.75 Å². The maximum Gasteiger partial charge on any atom is 0.262 e. The highest BCUT2D eigenvalue weighted by molar-refractivity contribution is 7.89. The Kier molecular flexibility index (Phi) is 6.07. The Hall–Kier alpha value is -3.17. The molecule has 0 radical (unpaired) electrons. The first-order valence-corrected chi connectivity index (χ1v) is 9.72. The lowest BCUT2D eigenvalue weighted by Gasteiger charge is -2.10. The summed E-state index contributed by atoms with van der Waals surface area (Å²) in [6, 6.07) is 14.8. The maximum atomic E-state index is 13.5. The van der Waals surface area contributed by atoms with Gasteiger partial charge in [-0.15, -0.1) is 0 Å². The molecule has 0 saturated carbocycles. The fourth-order valence-corrected chi connectivity index (χ4v) is 3.34. The van der Waals surface area contributed by atoms with Gasteiger partial charge in [0.1, 0.15) is 5.76 Å². The van der Waals surface area contributed by atoms with E-state index in [1.165, 1.54) is 48.7 Å². The van der Waals surface area contributed by atoms with Crippen molar-refractivity contribution in [2.75, 3.05) is 11.9 Å². The highest BCUT2D eigenvalue weighted by Gasteiger charge is 2.15. The van der Waals surface area contributed by atoms with Gasteiger partial charge in [0, 0.05) is 5.69 Å². The summed E-state index contributed by atoms with van der Waals surface area (Å²) in [4.78, 5) is 12.0. The number of nitrogens with one attached hydrogen (secondary N) is 2. The number of furan rings is 1. The van der Waals surface area contributed by atoms with E-state index in [9.17, 15) is 17.6 Å². The van der Waals surface area contributed by atoms with Crippen molar-refractivity contribution >= 4 is 21.6 Å². The molecular formula is C19H17FN2O5S.